The summed E-state index contributed by atoms with van der Waals surface area (Å²) < 4.78 is 0. The molecule has 0 radical (unpaired) electrons. The van der Waals surface area contributed by atoms with E-state index in [0.717, 1.165) is 36.8 Å². The maximum atomic E-state index is 12.1. The Hall–Kier alpha value is -1.35. The monoisotopic (exact) mass is 247 g/mol. The molecular weight excluding hydrogens is 226 g/mol. The number of nitrogens with one attached hydrogen (secondary N) is 1. The van der Waals surface area contributed by atoms with Crippen LogP contribution in [0.5, 0.6) is 0 Å². The Labute approximate surface area is 108 Å². The quantitative estimate of drug-likeness (QED) is 0.842. The molecule has 2 rings (SSSR count). The first kappa shape index (κ1) is 13.1. The molecule has 1 aliphatic rings. The molecule has 2 atom stereocenters. The van der Waals surface area contributed by atoms with Crippen LogP contribution < -0.4 is 5.32 Å². The fourth-order valence-corrected chi connectivity index (χ4v) is 2.64. The molecule has 2 N–H and O–H groups in total. The molecule has 1 aromatic rings. The number of aryl methyl sites for hydroxylation is 2. The molecule has 98 valence electrons. The summed E-state index contributed by atoms with van der Waals surface area (Å²) in [4.78, 5) is 12.1. The van der Waals surface area contributed by atoms with E-state index >= 15 is 0 Å². The molecular formula is C15H21NO2. The predicted molar refractivity (Wildman–Crippen MR) is 71.6 cm³/mol. The minimum absolute atomic E-state index is 0.0762. The summed E-state index contributed by atoms with van der Waals surface area (Å²) in [5.41, 5.74) is 2.86. The van der Waals surface area contributed by atoms with Gasteiger partial charge in [0.15, 0.2) is 0 Å². The van der Waals surface area contributed by atoms with Crippen LogP contribution in [0.15, 0.2) is 18.2 Å². The lowest BCUT2D eigenvalue weighted by Crippen LogP contribution is -2.45. The van der Waals surface area contributed by atoms with Gasteiger partial charge in [-0.25, -0.2) is 0 Å². The third-order valence-electron chi connectivity index (χ3n) is 3.53. The van der Waals surface area contributed by atoms with Crippen molar-refractivity contribution in [3.05, 3.63) is 34.9 Å². The molecule has 18 heavy (non-hydrogen) atoms. The summed E-state index contributed by atoms with van der Waals surface area (Å²) >= 11 is 0. The van der Waals surface area contributed by atoms with E-state index in [0.29, 0.717) is 5.56 Å². The lowest BCUT2D eigenvalue weighted by atomic mass is 9.92. The number of benzene rings is 1. The van der Waals surface area contributed by atoms with Gasteiger partial charge >= 0.3 is 0 Å². The second-order valence-corrected chi connectivity index (χ2v) is 5.31. The Bertz CT molecular complexity index is 422. The Morgan fingerprint density at radius 1 is 1.17 bits per heavy atom. The topological polar surface area (TPSA) is 49.3 Å². The van der Waals surface area contributed by atoms with Crippen LogP contribution >= 0.6 is 0 Å². The number of carbonyl (C=O) groups is 1. The van der Waals surface area contributed by atoms with Gasteiger partial charge in [0.1, 0.15) is 0 Å². The molecule has 1 fully saturated rings. The smallest absolute Gasteiger partial charge is 0.251 e. The van der Waals surface area contributed by atoms with Crippen molar-refractivity contribution in [2.45, 2.75) is 51.7 Å². The van der Waals surface area contributed by atoms with Crippen molar-refractivity contribution in [1.82, 2.24) is 5.32 Å². The molecule has 3 heteroatoms. The standard InChI is InChI=1S/C15H21NO2/c1-10-7-11(2)9-12(8-10)15(18)16-13-5-3-4-6-14(13)17/h7-9,13-14,17H,3-6H2,1-2H3,(H,16,18)/t13-,14-/m0/s1. The largest absolute Gasteiger partial charge is 0.391 e. The summed E-state index contributed by atoms with van der Waals surface area (Å²) in [6.45, 7) is 3.97. The number of rotatable bonds is 2. The van der Waals surface area contributed by atoms with Crippen LogP contribution in [0.25, 0.3) is 0 Å². The van der Waals surface area contributed by atoms with E-state index in [1.807, 2.05) is 32.0 Å². The van der Waals surface area contributed by atoms with Crippen molar-refractivity contribution in [3.63, 3.8) is 0 Å². The molecule has 0 saturated heterocycles. The van der Waals surface area contributed by atoms with Crippen molar-refractivity contribution in [1.29, 1.82) is 0 Å². The third-order valence-corrected chi connectivity index (χ3v) is 3.53. The Morgan fingerprint density at radius 2 is 1.78 bits per heavy atom. The highest BCUT2D eigenvalue weighted by atomic mass is 16.3. The first-order valence-electron chi connectivity index (χ1n) is 6.63. The first-order chi connectivity index (χ1) is 8.56. The van der Waals surface area contributed by atoms with Gasteiger partial charge in [0.25, 0.3) is 5.91 Å². The zero-order chi connectivity index (χ0) is 13.1. The highest BCUT2D eigenvalue weighted by molar-refractivity contribution is 5.94. The summed E-state index contributed by atoms with van der Waals surface area (Å²) in [6.07, 6.45) is 3.40. The van der Waals surface area contributed by atoms with E-state index in [2.05, 4.69) is 5.32 Å². The van der Waals surface area contributed by atoms with Gasteiger partial charge in [0.2, 0.25) is 0 Å². The summed E-state index contributed by atoms with van der Waals surface area (Å²) in [6, 6.07) is 5.73. The van der Waals surface area contributed by atoms with Gasteiger partial charge in [-0.1, -0.05) is 30.0 Å². The fraction of sp³-hybridized carbons (Fsp3) is 0.533. The second-order valence-electron chi connectivity index (χ2n) is 5.31. The molecule has 3 nitrogen and oxygen atoms in total. The fourth-order valence-electron chi connectivity index (χ4n) is 2.64. The van der Waals surface area contributed by atoms with Crippen molar-refractivity contribution in [2.24, 2.45) is 0 Å². The average Bonchev–Trinajstić information content (AvgIpc) is 2.31. The molecule has 0 aliphatic heterocycles. The van der Waals surface area contributed by atoms with Gasteiger partial charge in [0, 0.05) is 5.56 Å². The molecule has 0 heterocycles. The molecule has 0 aromatic heterocycles. The predicted octanol–water partition coefficient (Wildman–Crippen LogP) is 2.34. The lowest BCUT2D eigenvalue weighted by molar-refractivity contribution is 0.0717. The zero-order valence-corrected chi connectivity index (χ0v) is 11.1. The van der Waals surface area contributed by atoms with Crippen LogP contribution in [0.3, 0.4) is 0 Å². The van der Waals surface area contributed by atoms with Crippen LogP contribution in [-0.2, 0) is 0 Å². The van der Waals surface area contributed by atoms with Crippen molar-refractivity contribution >= 4 is 5.91 Å². The van der Waals surface area contributed by atoms with Crippen molar-refractivity contribution in [3.8, 4) is 0 Å². The van der Waals surface area contributed by atoms with Crippen LogP contribution in [0, 0.1) is 13.8 Å². The van der Waals surface area contributed by atoms with E-state index in [-0.39, 0.29) is 11.9 Å². The summed E-state index contributed by atoms with van der Waals surface area (Å²) in [5.74, 6) is -0.0762. The SMILES string of the molecule is Cc1cc(C)cc(C(=O)N[C@H]2CCCC[C@@H]2O)c1. The maximum absolute atomic E-state index is 12.1. The summed E-state index contributed by atoms with van der Waals surface area (Å²) in [7, 11) is 0. The van der Waals surface area contributed by atoms with E-state index in [9.17, 15) is 9.90 Å². The summed E-state index contributed by atoms with van der Waals surface area (Å²) in [5, 5.41) is 12.8. The highest BCUT2D eigenvalue weighted by Crippen LogP contribution is 2.19. The second kappa shape index (κ2) is 5.53. The first-order valence-corrected chi connectivity index (χ1v) is 6.63. The molecule has 1 aliphatic carbocycles. The lowest BCUT2D eigenvalue weighted by Gasteiger charge is -2.28. The van der Waals surface area contributed by atoms with E-state index in [1.165, 1.54) is 0 Å². The minimum atomic E-state index is -0.395. The molecule has 0 bridgehead atoms. The van der Waals surface area contributed by atoms with Gasteiger partial charge in [0.05, 0.1) is 12.1 Å². The van der Waals surface area contributed by atoms with Crippen molar-refractivity contribution in [2.75, 3.05) is 0 Å². The van der Waals surface area contributed by atoms with Gasteiger partial charge in [-0.05, 0) is 38.8 Å². The number of aliphatic hydroxyl groups excluding tert-OH is 1. The van der Waals surface area contributed by atoms with Gasteiger partial charge in [-0.3, -0.25) is 4.79 Å². The Kier molecular flexibility index (Phi) is 4.02. The minimum Gasteiger partial charge on any atom is -0.391 e. The van der Waals surface area contributed by atoms with E-state index < -0.39 is 6.10 Å². The van der Waals surface area contributed by atoms with Crippen molar-refractivity contribution < 1.29 is 9.90 Å². The Morgan fingerprint density at radius 3 is 2.39 bits per heavy atom. The van der Waals surface area contributed by atoms with E-state index in [1.54, 1.807) is 0 Å². The maximum Gasteiger partial charge on any atom is 0.251 e. The number of aliphatic hydroxyl groups is 1. The number of amides is 1. The van der Waals surface area contributed by atoms with Crippen LogP contribution in [0.4, 0.5) is 0 Å². The zero-order valence-electron chi connectivity index (χ0n) is 11.1. The number of hydrogen-bond donors (Lipinski definition) is 2. The highest BCUT2D eigenvalue weighted by Gasteiger charge is 2.24. The molecule has 1 saturated carbocycles. The number of hydrogen-bond acceptors (Lipinski definition) is 2. The Balaban J connectivity index is 2.06. The van der Waals surface area contributed by atoms with Gasteiger partial charge < -0.3 is 10.4 Å². The molecule has 0 spiro atoms. The molecule has 1 amide bonds. The van der Waals surface area contributed by atoms with E-state index in [4.69, 9.17) is 0 Å². The third kappa shape index (κ3) is 3.10. The van der Waals surface area contributed by atoms with Crippen LogP contribution in [-0.4, -0.2) is 23.2 Å². The van der Waals surface area contributed by atoms with Crippen LogP contribution in [0.1, 0.15) is 47.2 Å². The normalized spacial score (nSPS) is 23.7. The van der Waals surface area contributed by atoms with Gasteiger partial charge in [-0.15, -0.1) is 0 Å². The molecule has 0 unspecified atom stereocenters. The number of carbonyl (C=O) groups excluding carboxylic acids is 1. The molecule has 1 aromatic carbocycles. The average molecular weight is 247 g/mol. The van der Waals surface area contributed by atoms with Crippen LogP contribution in [0.2, 0.25) is 0 Å². The van der Waals surface area contributed by atoms with Gasteiger partial charge in [-0.2, -0.15) is 0 Å².